The summed E-state index contributed by atoms with van der Waals surface area (Å²) in [7, 11) is 1.60. The molecule has 2 fully saturated rings. The molecule has 2 aliphatic carbocycles. The lowest BCUT2D eigenvalue weighted by Gasteiger charge is -2.38. The van der Waals surface area contributed by atoms with E-state index in [4.69, 9.17) is 36.6 Å². The number of fused-ring (bicyclic) bond motifs is 2. The summed E-state index contributed by atoms with van der Waals surface area (Å²) < 4.78 is 14.6. The van der Waals surface area contributed by atoms with E-state index in [-0.39, 0.29) is 16.8 Å². The number of H-pyrrole nitrogens is 1. The number of nitrogens with zero attached hydrogens (tertiary/aromatic N) is 7. The predicted molar refractivity (Wildman–Crippen MR) is 251 cm³/mol. The van der Waals surface area contributed by atoms with E-state index in [1.54, 1.807) is 24.0 Å². The Balaban J connectivity index is 0.000000154. The van der Waals surface area contributed by atoms with Crippen LogP contribution in [-0.2, 0) is 15.8 Å². The van der Waals surface area contributed by atoms with Gasteiger partial charge in [-0.25, -0.2) is 19.0 Å². The Labute approximate surface area is 375 Å². The fraction of sp³-hybridized carbons (Fsp3) is 0.216. The number of aromatic nitrogens is 8. The summed E-state index contributed by atoms with van der Waals surface area (Å²) in [5.41, 5.74) is 31.1. The summed E-state index contributed by atoms with van der Waals surface area (Å²) in [6.45, 7) is 0.687. The number of aromatic amines is 1. The third kappa shape index (κ3) is 7.81. The Morgan fingerprint density at radius 1 is 0.662 bits per heavy atom. The normalized spacial score (nSPS) is 14.9. The molecule has 11 rings (SSSR count). The number of imidazole rings is 2. The molecule has 1 amide bonds. The standard InChI is InChI=1S/C26H27N5O3.C25H22N6/c1-33-14-15-34-21-16-20(24(27)32)30-31-23(18-6-3-2-4-7-18)22(29-25(21)31)17-8-10-19(11-9-17)26(28)12-5-13-26;26-25(13-4-14-25)19-9-7-17(8-10-19)22-23(18-5-2-1-3-6-18)31-24(29-22)20(11-16-28-31)21-12-15-27-30-21/h2-4,6-11,16H,5,12-15,28H2,1H3,(H2,27,32);1-3,5-12,15-16H,4,13-14,26H2,(H,27,30). The van der Waals surface area contributed by atoms with Gasteiger partial charge in [0, 0.05) is 64.5 Å². The van der Waals surface area contributed by atoms with Crippen molar-refractivity contribution in [3.05, 3.63) is 157 Å². The van der Waals surface area contributed by atoms with Crippen LogP contribution >= 0.6 is 0 Å². The van der Waals surface area contributed by atoms with Crippen LogP contribution in [0, 0.1) is 0 Å². The van der Waals surface area contributed by atoms with E-state index in [0.717, 1.165) is 99.6 Å². The number of rotatable bonds is 12. The first-order valence-electron chi connectivity index (χ1n) is 21.9. The van der Waals surface area contributed by atoms with Crippen molar-refractivity contribution in [2.45, 2.75) is 49.6 Å². The topological polar surface area (TPSA) is 203 Å². The van der Waals surface area contributed by atoms with E-state index < -0.39 is 5.91 Å². The SMILES string of the molecule is COCCOc1cc(C(N)=O)nn2c(-c3ccccc3)c(-c3ccc(C4(N)CCC4)cc3)nc12.NC1(c2ccc(-c3nc4c(-c5ccn[nH]5)ccnn4c3-c3ccccc3)cc2)CCC1. The smallest absolute Gasteiger partial charge is 0.269 e. The predicted octanol–water partition coefficient (Wildman–Crippen LogP) is 8.32. The van der Waals surface area contributed by atoms with Gasteiger partial charge in [-0.15, -0.1) is 0 Å². The number of methoxy groups -OCH3 is 1. The first kappa shape index (κ1) is 41.5. The first-order chi connectivity index (χ1) is 31.7. The molecule has 2 saturated carbocycles. The maximum Gasteiger partial charge on any atom is 0.269 e. The molecule has 5 aromatic heterocycles. The van der Waals surface area contributed by atoms with Crippen molar-refractivity contribution in [3.63, 3.8) is 0 Å². The van der Waals surface area contributed by atoms with Crippen LogP contribution in [0.3, 0.4) is 0 Å². The van der Waals surface area contributed by atoms with Gasteiger partial charge in [-0.1, -0.05) is 109 Å². The van der Waals surface area contributed by atoms with Crippen molar-refractivity contribution in [1.82, 2.24) is 39.4 Å². The van der Waals surface area contributed by atoms with Gasteiger partial charge in [0.2, 0.25) is 0 Å². The molecule has 14 heteroatoms. The maximum absolute atomic E-state index is 12.1. The van der Waals surface area contributed by atoms with Crippen molar-refractivity contribution in [3.8, 4) is 62.0 Å². The summed E-state index contributed by atoms with van der Waals surface area (Å²) in [6.07, 6.45) is 10.00. The van der Waals surface area contributed by atoms with E-state index >= 15 is 0 Å². The average Bonchev–Trinajstić information content (AvgIpc) is 4.10. The van der Waals surface area contributed by atoms with Gasteiger partial charge in [0.25, 0.3) is 5.91 Å². The number of hydrogen-bond donors (Lipinski definition) is 4. The van der Waals surface area contributed by atoms with Crippen LogP contribution in [0.4, 0.5) is 0 Å². The third-order valence-corrected chi connectivity index (χ3v) is 12.7. The molecule has 0 aliphatic heterocycles. The van der Waals surface area contributed by atoms with Crippen LogP contribution in [0.15, 0.2) is 140 Å². The summed E-state index contributed by atoms with van der Waals surface area (Å²) in [5.74, 6) is -0.234. The molecule has 0 unspecified atom stereocenters. The molecule has 0 spiro atoms. The minimum Gasteiger partial charge on any atom is -0.487 e. The number of ether oxygens (including phenoxy) is 2. The zero-order chi connectivity index (χ0) is 44.5. The van der Waals surface area contributed by atoms with Crippen LogP contribution in [0.1, 0.15) is 60.1 Å². The molecule has 0 radical (unpaired) electrons. The Hall–Kier alpha value is -7.52. The molecule has 0 atom stereocenters. The quantitative estimate of drug-likeness (QED) is 0.0865. The molecule has 5 heterocycles. The summed E-state index contributed by atoms with van der Waals surface area (Å²) in [6, 6.07) is 42.3. The van der Waals surface area contributed by atoms with Crippen molar-refractivity contribution in [2.75, 3.05) is 20.3 Å². The summed E-state index contributed by atoms with van der Waals surface area (Å²) in [4.78, 5) is 22.0. The number of nitrogens with two attached hydrogens (primary N) is 3. The Kier molecular flexibility index (Phi) is 11.0. The number of nitrogens with one attached hydrogen (secondary N) is 1. The Morgan fingerprint density at radius 3 is 1.71 bits per heavy atom. The van der Waals surface area contributed by atoms with Gasteiger partial charge in [0.15, 0.2) is 22.7 Å². The molecule has 0 bridgehead atoms. The molecule has 14 nitrogen and oxygen atoms in total. The zero-order valence-electron chi connectivity index (χ0n) is 36.0. The molecule has 4 aromatic carbocycles. The van der Waals surface area contributed by atoms with Gasteiger partial charge >= 0.3 is 0 Å². The van der Waals surface area contributed by atoms with E-state index in [0.29, 0.717) is 24.6 Å². The van der Waals surface area contributed by atoms with E-state index in [2.05, 4.69) is 68.9 Å². The van der Waals surface area contributed by atoms with Gasteiger partial charge in [0.05, 0.1) is 23.7 Å². The molecule has 326 valence electrons. The molecule has 9 aromatic rings. The lowest BCUT2D eigenvalue weighted by Crippen LogP contribution is -2.43. The van der Waals surface area contributed by atoms with Crippen molar-refractivity contribution in [1.29, 1.82) is 0 Å². The van der Waals surface area contributed by atoms with Crippen molar-refractivity contribution < 1.29 is 14.3 Å². The van der Waals surface area contributed by atoms with Crippen LogP contribution in [0.5, 0.6) is 5.75 Å². The van der Waals surface area contributed by atoms with Crippen LogP contribution in [0.2, 0.25) is 0 Å². The van der Waals surface area contributed by atoms with Crippen LogP contribution in [-0.4, -0.2) is 65.6 Å². The highest BCUT2D eigenvalue weighted by molar-refractivity contribution is 5.92. The number of amides is 1. The average molecular weight is 864 g/mol. The van der Waals surface area contributed by atoms with Crippen molar-refractivity contribution in [2.24, 2.45) is 17.2 Å². The maximum atomic E-state index is 12.1. The number of primary amides is 1. The summed E-state index contributed by atoms with van der Waals surface area (Å²) >= 11 is 0. The number of hydrogen-bond acceptors (Lipinski definition) is 10. The minimum atomic E-state index is -0.647. The first-order valence-corrected chi connectivity index (χ1v) is 21.9. The van der Waals surface area contributed by atoms with Crippen LogP contribution < -0.4 is 21.9 Å². The zero-order valence-corrected chi connectivity index (χ0v) is 36.0. The highest BCUT2D eigenvalue weighted by Crippen LogP contribution is 2.42. The number of benzene rings is 4. The number of carbonyl (C=O) groups is 1. The van der Waals surface area contributed by atoms with E-state index in [9.17, 15) is 4.79 Å². The molecular weight excluding hydrogens is 815 g/mol. The highest BCUT2D eigenvalue weighted by Gasteiger charge is 2.35. The molecular formula is C51H49N11O3. The number of carbonyl (C=O) groups excluding carboxylic acids is 1. The summed E-state index contributed by atoms with van der Waals surface area (Å²) in [5, 5.41) is 16.3. The van der Waals surface area contributed by atoms with Gasteiger partial charge in [-0.2, -0.15) is 15.3 Å². The van der Waals surface area contributed by atoms with Gasteiger partial charge < -0.3 is 26.7 Å². The second-order valence-electron chi connectivity index (χ2n) is 16.8. The third-order valence-electron chi connectivity index (χ3n) is 12.7. The van der Waals surface area contributed by atoms with E-state index in [1.807, 2.05) is 77.3 Å². The molecule has 0 saturated heterocycles. The Bertz CT molecular complexity index is 3100. The second-order valence-corrected chi connectivity index (χ2v) is 16.8. The molecule has 65 heavy (non-hydrogen) atoms. The fourth-order valence-corrected chi connectivity index (χ4v) is 8.75. The minimum absolute atomic E-state index is 0.0893. The molecule has 2 aliphatic rings. The lowest BCUT2D eigenvalue weighted by molar-refractivity contribution is 0.0993. The fourth-order valence-electron chi connectivity index (χ4n) is 8.75. The van der Waals surface area contributed by atoms with Gasteiger partial charge in [-0.05, 0) is 61.8 Å². The van der Waals surface area contributed by atoms with Crippen molar-refractivity contribution >= 4 is 17.2 Å². The Morgan fingerprint density at radius 2 is 1.22 bits per heavy atom. The monoisotopic (exact) mass is 863 g/mol. The van der Waals surface area contributed by atoms with Crippen LogP contribution in [0.25, 0.3) is 67.6 Å². The van der Waals surface area contributed by atoms with Gasteiger partial charge in [0.1, 0.15) is 18.0 Å². The highest BCUT2D eigenvalue weighted by atomic mass is 16.5. The largest absolute Gasteiger partial charge is 0.487 e. The van der Waals surface area contributed by atoms with E-state index in [1.165, 1.54) is 18.1 Å². The van der Waals surface area contributed by atoms with Gasteiger partial charge in [-0.3, -0.25) is 9.89 Å². The second kappa shape index (κ2) is 17.2. The molecule has 7 N–H and O–H groups in total. The lowest BCUT2D eigenvalue weighted by atomic mass is 9.72.